The third-order valence-electron chi connectivity index (χ3n) is 5.79. The van der Waals surface area contributed by atoms with Crippen LogP contribution in [-0.2, 0) is 9.53 Å². The van der Waals surface area contributed by atoms with E-state index >= 15 is 0 Å². The van der Waals surface area contributed by atoms with Gasteiger partial charge in [0.05, 0.1) is 0 Å². The number of carbonyl (C=O) groups excluding carboxylic acids is 1. The van der Waals surface area contributed by atoms with Gasteiger partial charge in [0.1, 0.15) is 11.8 Å². The molecule has 4 rings (SSSR count). The van der Waals surface area contributed by atoms with E-state index in [2.05, 4.69) is 25.3 Å². The van der Waals surface area contributed by atoms with Gasteiger partial charge in [-0.15, -0.1) is 0 Å². The van der Waals surface area contributed by atoms with Gasteiger partial charge in [0.15, 0.2) is 0 Å². The minimum Gasteiger partial charge on any atom is -0.462 e. The Hall–Kier alpha value is -3.24. The zero-order chi connectivity index (χ0) is 23.4. The Balaban J connectivity index is 1.26. The van der Waals surface area contributed by atoms with Gasteiger partial charge in [0.2, 0.25) is 11.9 Å². The highest BCUT2D eigenvalue weighted by Gasteiger charge is 2.31. The molecule has 3 aromatic heterocycles. The first-order chi connectivity index (χ1) is 15.8. The van der Waals surface area contributed by atoms with Gasteiger partial charge in [-0.25, -0.2) is 19.9 Å². The van der Waals surface area contributed by atoms with E-state index in [1.54, 1.807) is 41.5 Å². The van der Waals surface area contributed by atoms with Crippen molar-refractivity contribution in [3.63, 3.8) is 0 Å². The number of hydrogen-bond donors (Lipinski definition) is 1. The molecule has 1 aliphatic rings. The minimum atomic E-state index is -4.21. The summed E-state index contributed by atoms with van der Waals surface area (Å²) in [7, 11) is 0. The van der Waals surface area contributed by atoms with E-state index in [0.717, 1.165) is 17.6 Å². The van der Waals surface area contributed by atoms with Crippen molar-refractivity contribution in [2.24, 2.45) is 5.92 Å². The normalized spacial score (nSPS) is 19.5. The van der Waals surface area contributed by atoms with Crippen LogP contribution in [0.15, 0.2) is 37.1 Å². The molecule has 0 saturated heterocycles. The lowest BCUT2D eigenvalue weighted by Gasteiger charge is -2.16. The average Bonchev–Trinajstić information content (AvgIpc) is 3.42. The van der Waals surface area contributed by atoms with Gasteiger partial charge in [-0.05, 0) is 49.1 Å². The van der Waals surface area contributed by atoms with E-state index in [4.69, 9.17) is 4.74 Å². The maximum absolute atomic E-state index is 12.4. The van der Waals surface area contributed by atoms with Crippen LogP contribution in [0.4, 0.5) is 25.1 Å². The number of anilines is 2. The Kier molecular flexibility index (Phi) is 6.75. The molecule has 3 heterocycles. The smallest absolute Gasteiger partial charge is 0.389 e. The molecule has 1 aliphatic carbocycles. The third-order valence-corrected chi connectivity index (χ3v) is 5.79. The van der Waals surface area contributed by atoms with Crippen LogP contribution in [0.2, 0.25) is 0 Å². The molecule has 0 bridgehead atoms. The maximum Gasteiger partial charge on any atom is 0.389 e. The molecule has 3 atom stereocenters. The Bertz CT molecular complexity index is 1090. The van der Waals surface area contributed by atoms with Crippen LogP contribution in [0, 0.1) is 5.92 Å². The number of halogens is 3. The van der Waals surface area contributed by atoms with Crippen LogP contribution in [-0.4, -0.2) is 42.6 Å². The summed E-state index contributed by atoms with van der Waals surface area (Å²) in [5, 5.41) is 3.07. The van der Waals surface area contributed by atoms with Crippen LogP contribution >= 0.6 is 0 Å². The predicted molar refractivity (Wildman–Crippen MR) is 114 cm³/mol. The number of fused-ring (bicyclic) bond motifs is 1. The van der Waals surface area contributed by atoms with Gasteiger partial charge in [-0.1, -0.05) is 6.92 Å². The van der Waals surface area contributed by atoms with Crippen molar-refractivity contribution in [1.82, 2.24) is 24.3 Å². The van der Waals surface area contributed by atoms with Crippen molar-refractivity contribution in [2.75, 3.05) is 5.32 Å². The number of aromatic nitrogens is 5. The number of rotatable bonds is 8. The Labute approximate surface area is 188 Å². The summed E-state index contributed by atoms with van der Waals surface area (Å²) in [6.45, 7) is 1.50. The lowest BCUT2D eigenvalue weighted by atomic mass is 10.0. The van der Waals surface area contributed by atoms with Crippen LogP contribution in [0.3, 0.4) is 0 Å². The number of carbonyl (C=O) groups is 1. The first kappa shape index (κ1) is 22.9. The third kappa shape index (κ3) is 6.17. The predicted octanol–water partition coefficient (Wildman–Crippen LogP) is 4.81. The van der Waals surface area contributed by atoms with Crippen molar-refractivity contribution in [3.8, 4) is 0 Å². The summed E-state index contributed by atoms with van der Waals surface area (Å²) < 4.78 is 44.5. The molecule has 1 fully saturated rings. The Morgan fingerprint density at radius 3 is 2.76 bits per heavy atom. The minimum absolute atomic E-state index is 0.000402. The molecule has 8 nitrogen and oxygen atoms in total. The second kappa shape index (κ2) is 9.72. The zero-order valence-electron chi connectivity index (χ0n) is 18.1. The molecule has 0 unspecified atom stereocenters. The summed E-state index contributed by atoms with van der Waals surface area (Å²) in [4.78, 5) is 29.3. The van der Waals surface area contributed by atoms with Gasteiger partial charge >= 0.3 is 12.1 Å². The van der Waals surface area contributed by atoms with Gasteiger partial charge in [0.25, 0.3) is 0 Å². The van der Waals surface area contributed by atoms with E-state index in [0.29, 0.717) is 24.7 Å². The number of imidazole rings is 1. The molecule has 3 aromatic rings. The van der Waals surface area contributed by atoms with Gasteiger partial charge < -0.3 is 4.74 Å². The number of hydrogen-bond acceptors (Lipinski definition) is 7. The standard InChI is InChI=1S/C22H25F3N6O2/c1-14(11-22(23,24)25)2-5-19(32)33-17-4-3-15(10-17)16-12-28-20(29-13-16)30-21-27-7-6-18-26-8-9-31(18)21/h6-9,12-15,17H,2-5,10-11H2,1H3,(H,27,28,29,30)/t14-,15-,17+/m1/s1. The largest absolute Gasteiger partial charge is 0.462 e. The van der Waals surface area contributed by atoms with E-state index in [9.17, 15) is 18.0 Å². The molecule has 33 heavy (non-hydrogen) atoms. The molecular weight excluding hydrogens is 437 g/mol. The first-order valence-electron chi connectivity index (χ1n) is 10.9. The zero-order valence-corrected chi connectivity index (χ0v) is 18.1. The molecule has 0 aromatic carbocycles. The molecule has 11 heteroatoms. The SMILES string of the molecule is C[C@H](CCC(=O)O[C@H]1CC[C@@H](c2cnc(Nc3nccc4nccn34)nc2)C1)CC(F)(F)F. The quantitative estimate of drug-likeness (QED) is 0.480. The molecule has 1 saturated carbocycles. The van der Waals surface area contributed by atoms with Gasteiger partial charge in [-0.2, -0.15) is 13.2 Å². The van der Waals surface area contributed by atoms with Crippen molar-refractivity contribution in [3.05, 3.63) is 42.6 Å². The second-order valence-electron chi connectivity index (χ2n) is 8.47. The van der Waals surface area contributed by atoms with E-state index < -0.39 is 24.5 Å². The fourth-order valence-electron chi connectivity index (χ4n) is 4.12. The molecule has 0 spiro atoms. The first-order valence-corrected chi connectivity index (χ1v) is 10.9. The maximum atomic E-state index is 12.4. The molecule has 0 aliphatic heterocycles. The molecule has 0 amide bonds. The highest BCUT2D eigenvalue weighted by molar-refractivity contribution is 5.69. The number of alkyl halides is 3. The van der Waals surface area contributed by atoms with Crippen molar-refractivity contribution < 1.29 is 22.7 Å². The molecule has 176 valence electrons. The highest BCUT2D eigenvalue weighted by atomic mass is 19.4. The van der Waals surface area contributed by atoms with Crippen LogP contribution in [0.5, 0.6) is 0 Å². The van der Waals surface area contributed by atoms with Crippen LogP contribution in [0.1, 0.15) is 56.9 Å². The average molecular weight is 462 g/mol. The van der Waals surface area contributed by atoms with Crippen molar-refractivity contribution in [1.29, 1.82) is 0 Å². The number of nitrogens with one attached hydrogen (secondary N) is 1. The Morgan fingerprint density at radius 2 is 2.00 bits per heavy atom. The molecule has 1 N–H and O–H groups in total. The summed E-state index contributed by atoms with van der Waals surface area (Å²) in [5.41, 5.74) is 1.71. The summed E-state index contributed by atoms with van der Waals surface area (Å²) in [6, 6.07) is 1.79. The number of ether oxygens (including phenoxy) is 1. The second-order valence-corrected chi connectivity index (χ2v) is 8.47. The van der Waals surface area contributed by atoms with E-state index in [1.165, 1.54) is 6.92 Å². The fourth-order valence-corrected chi connectivity index (χ4v) is 4.12. The van der Waals surface area contributed by atoms with Gasteiger partial charge in [0, 0.05) is 43.8 Å². The van der Waals surface area contributed by atoms with Crippen LogP contribution < -0.4 is 5.32 Å². The summed E-state index contributed by atoms with van der Waals surface area (Å²) >= 11 is 0. The molecule has 0 radical (unpaired) electrons. The highest BCUT2D eigenvalue weighted by Crippen LogP contribution is 2.36. The topological polar surface area (TPSA) is 94.3 Å². The lowest BCUT2D eigenvalue weighted by molar-refractivity contribution is -0.152. The lowest BCUT2D eigenvalue weighted by Crippen LogP contribution is -2.17. The molecular formula is C22H25F3N6O2. The summed E-state index contributed by atoms with van der Waals surface area (Å²) in [5.74, 6) is 0.0773. The monoisotopic (exact) mass is 462 g/mol. The van der Waals surface area contributed by atoms with Crippen LogP contribution in [0.25, 0.3) is 5.65 Å². The van der Waals surface area contributed by atoms with E-state index in [-0.39, 0.29) is 24.9 Å². The Morgan fingerprint density at radius 1 is 1.21 bits per heavy atom. The van der Waals surface area contributed by atoms with Crippen molar-refractivity contribution >= 4 is 23.5 Å². The van der Waals surface area contributed by atoms with Crippen molar-refractivity contribution in [2.45, 2.75) is 63.6 Å². The summed E-state index contributed by atoms with van der Waals surface area (Å²) in [6.07, 6.45) is 5.63. The number of nitrogens with zero attached hydrogens (tertiary/aromatic N) is 5. The van der Waals surface area contributed by atoms with E-state index in [1.807, 2.05) is 0 Å². The number of esters is 1. The fraction of sp³-hybridized carbons (Fsp3) is 0.500. The van der Waals surface area contributed by atoms with Gasteiger partial charge in [-0.3, -0.25) is 14.5 Å².